The van der Waals surface area contributed by atoms with Crippen LogP contribution in [0.5, 0.6) is 0 Å². The van der Waals surface area contributed by atoms with E-state index in [9.17, 15) is 18.8 Å². The van der Waals surface area contributed by atoms with E-state index < -0.39 is 23.5 Å². The first kappa shape index (κ1) is 22.3. The first-order valence-corrected chi connectivity index (χ1v) is 9.82. The molecule has 0 fully saturated rings. The van der Waals surface area contributed by atoms with Crippen molar-refractivity contribution in [3.8, 4) is 6.07 Å². The summed E-state index contributed by atoms with van der Waals surface area (Å²) >= 11 is 6.30. The lowest BCUT2D eigenvalue weighted by molar-refractivity contribution is -0.138. The number of esters is 1. The number of benzene rings is 2. The second-order valence-electron chi connectivity index (χ2n) is 6.92. The lowest BCUT2D eigenvalue weighted by Crippen LogP contribution is -2.30. The smallest absolute Gasteiger partial charge is 0.337 e. The molecule has 31 heavy (non-hydrogen) atoms. The predicted octanol–water partition coefficient (Wildman–Crippen LogP) is 5.33. The van der Waals surface area contributed by atoms with Gasteiger partial charge in [0.2, 0.25) is 0 Å². The number of hydrogen-bond acceptors (Lipinski definition) is 4. The lowest BCUT2D eigenvalue weighted by Gasteiger charge is -2.30. The zero-order valence-corrected chi connectivity index (χ0v) is 17.5. The molecule has 0 amide bonds. The summed E-state index contributed by atoms with van der Waals surface area (Å²) in [6.07, 6.45) is 1.52. The SMILES string of the molecule is C=CCOC(=O)C1=C(C)NC(Cc2ccccc2F)=C(C#N)C1c1ccc(F)cc1Cl. The van der Waals surface area contributed by atoms with Gasteiger partial charge in [-0.25, -0.2) is 13.6 Å². The van der Waals surface area contributed by atoms with Crippen molar-refractivity contribution in [1.29, 1.82) is 5.26 Å². The number of carbonyl (C=O) groups excluding carboxylic acids is 1. The van der Waals surface area contributed by atoms with E-state index >= 15 is 0 Å². The fraction of sp³-hybridized carbons (Fsp3) is 0.167. The van der Waals surface area contributed by atoms with Gasteiger partial charge in [0.1, 0.15) is 18.2 Å². The second-order valence-corrected chi connectivity index (χ2v) is 7.33. The average molecular weight is 441 g/mol. The van der Waals surface area contributed by atoms with Crippen LogP contribution in [-0.4, -0.2) is 12.6 Å². The minimum absolute atomic E-state index is 0.0207. The normalized spacial score (nSPS) is 15.9. The third-order valence-corrected chi connectivity index (χ3v) is 5.24. The topological polar surface area (TPSA) is 62.1 Å². The average Bonchev–Trinajstić information content (AvgIpc) is 2.73. The van der Waals surface area contributed by atoms with Gasteiger partial charge in [0.25, 0.3) is 0 Å². The van der Waals surface area contributed by atoms with E-state index in [1.165, 1.54) is 24.3 Å². The fourth-order valence-corrected chi connectivity index (χ4v) is 3.81. The number of dihydropyridines is 1. The molecule has 2 aromatic rings. The van der Waals surface area contributed by atoms with Gasteiger partial charge >= 0.3 is 5.97 Å². The van der Waals surface area contributed by atoms with E-state index in [1.54, 1.807) is 25.1 Å². The van der Waals surface area contributed by atoms with Crippen molar-refractivity contribution in [3.63, 3.8) is 0 Å². The third kappa shape index (κ3) is 4.68. The number of carbonyl (C=O) groups is 1. The van der Waals surface area contributed by atoms with Gasteiger partial charge in [-0.1, -0.05) is 48.5 Å². The molecule has 1 aliphatic rings. The molecule has 0 saturated carbocycles. The van der Waals surface area contributed by atoms with Gasteiger partial charge in [-0.15, -0.1) is 0 Å². The summed E-state index contributed by atoms with van der Waals surface area (Å²) in [5.41, 5.74) is 1.96. The maximum atomic E-state index is 14.3. The molecular weight excluding hydrogens is 422 g/mol. The van der Waals surface area contributed by atoms with Crippen LogP contribution in [-0.2, 0) is 16.0 Å². The summed E-state index contributed by atoms with van der Waals surface area (Å²) in [5, 5.41) is 13.1. The van der Waals surface area contributed by atoms with Crippen molar-refractivity contribution >= 4 is 17.6 Å². The van der Waals surface area contributed by atoms with Gasteiger partial charge in [-0.05, 0) is 36.2 Å². The van der Waals surface area contributed by atoms with E-state index in [0.717, 1.165) is 6.07 Å². The zero-order valence-electron chi connectivity index (χ0n) is 16.7. The fourth-order valence-electron chi connectivity index (χ4n) is 3.53. The van der Waals surface area contributed by atoms with Crippen molar-refractivity contribution in [2.24, 2.45) is 0 Å². The van der Waals surface area contributed by atoms with Crippen LogP contribution < -0.4 is 5.32 Å². The van der Waals surface area contributed by atoms with E-state index in [0.29, 0.717) is 22.5 Å². The Morgan fingerprint density at radius 2 is 2.06 bits per heavy atom. The molecule has 1 aliphatic heterocycles. The molecule has 0 aliphatic carbocycles. The summed E-state index contributed by atoms with van der Waals surface area (Å²) in [6, 6.07) is 12.1. The van der Waals surface area contributed by atoms with Crippen LogP contribution in [0.1, 0.15) is 24.0 Å². The molecule has 4 nitrogen and oxygen atoms in total. The Hall–Kier alpha value is -3.43. The predicted molar refractivity (Wildman–Crippen MR) is 114 cm³/mol. The Morgan fingerprint density at radius 1 is 1.32 bits per heavy atom. The van der Waals surface area contributed by atoms with Crippen molar-refractivity contribution in [2.75, 3.05) is 6.61 Å². The number of nitrogens with one attached hydrogen (secondary N) is 1. The number of nitriles is 1. The molecule has 1 atom stereocenters. The van der Waals surface area contributed by atoms with Crippen LogP contribution in [0, 0.1) is 23.0 Å². The highest BCUT2D eigenvalue weighted by molar-refractivity contribution is 6.31. The minimum atomic E-state index is -0.904. The molecule has 1 N–H and O–H groups in total. The highest BCUT2D eigenvalue weighted by Gasteiger charge is 2.36. The molecule has 1 unspecified atom stereocenters. The molecule has 2 aromatic carbocycles. The van der Waals surface area contributed by atoms with Gasteiger partial charge in [0.05, 0.1) is 23.1 Å². The summed E-state index contributed by atoms with van der Waals surface area (Å²) in [5.74, 6) is -2.53. The summed E-state index contributed by atoms with van der Waals surface area (Å²) in [4.78, 5) is 12.8. The Bertz CT molecular complexity index is 1150. The van der Waals surface area contributed by atoms with Crippen molar-refractivity contribution in [1.82, 2.24) is 5.32 Å². The van der Waals surface area contributed by atoms with Crippen LogP contribution in [0.25, 0.3) is 0 Å². The standard InChI is InChI=1S/C24H19ClF2N2O2/c1-3-10-31-24(30)22-14(2)29-21(11-15-6-4-5-7-20(15)27)18(13-28)23(22)17-9-8-16(26)12-19(17)25/h3-9,12,23,29H,1,10-11H2,2H3. The van der Waals surface area contributed by atoms with Crippen LogP contribution in [0.3, 0.4) is 0 Å². The van der Waals surface area contributed by atoms with E-state index in [1.807, 2.05) is 0 Å². The highest BCUT2D eigenvalue weighted by atomic mass is 35.5. The molecule has 0 aromatic heterocycles. The second kappa shape index (κ2) is 9.59. The highest BCUT2D eigenvalue weighted by Crippen LogP contribution is 2.41. The van der Waals surface area contributed by atoms with Gasteiger partial charge in [0.15, 0.2) is 0 Å². The van der Waals surface area contributed by atoms with Crippen LogP contribution in [0.15, 0.2) is 77.7 Å². The summed E-state index contributed by atoms with van der Waals surface area (Å²) in [6.45, 7) is 5.16. The van der Waals surface area contributed by atoms with E-state index in [-0.39, 0.29) is 29.2 Å². The zero-order chi connectivity index (χ0) is 22.5. The molecule has 0 saturated heterocycles. The molecule has 1 heterocycles. The summed E-state index contributed by atoms with van der Waals surface area (Å²) in [7, 11) is 0. The Labute approximate surface area is 184 Å². The van der Waals surface area contributed by atoms with E-state index in [2.05, 4.69) is 18.0 Å². The molecule has 7 heteroatoms. The van der Waals surface area contributed by atoms with Crippen molar-refractivity contribution < 1.29 is 18.3 Å². The molecule has 0 bridgehead atoms. The Kier molecular flexibility index (Phi) is 6.88. The molecule has 3 rings (SSSR count). The Balaban J connectivity index is 2.17. The van der Waals surface area contributed by atoms with Gasteiger partial charge < -0.3 is 10.1 Å². The first-order chi connectivity index (χ1) is 14.9. The number of allylic oxidation sites excluding steroid dienone is 3. The van der Waals surface area contributed by atoms with Crippen LogP contribution in [0.2, 0.25) is 5.02 Å². The lowest BCUT2D eigenvalue weighted by atomic mass is 9.80. The first-order valence-electron chi connectivity index (χ1n) is 9.44. The van der Waals surface area contributed by atoms with Crippen molar-refractivity contribution in [3.05, 3.63) is 105 Å². The van der Waals surface area contributed by atoms with Gasteiger partial charge in [0, 0.05) is 22.8 Å². The monoisotopic (exact) mass is 440 g/mol. The van der Waals surface area contributed by atoms with Gasteiger partial charge in [-0.3, -0.25) is 0 Å². The molecule has 158 valence electrons. The maximum Gasteiger partial charge on any atom is 0.337 e. The van der Waals surface area contributed by atoms with Crippen molar-refractivity contribution in [2.45, 2.75) is 19.3 Å². The minimum Gasteiger partial charge on any atom is -0.458 e. The largest absolute Gasteiger partial charge is 0.458 e. The summed E-state index contributed by atoms with van der Waals surface area (Å²) < 4.78 is 33.1. The Morgan fingerprint density at radius 3 is 2.71 bits per heavy atom. The third-order valence-electron chi connectivity index (χ3n) is 4.92. The van der Waals surface area contributed by atoms with Crippen LogP contribution in [0.4, 0.5) is 8.78 Å². The molecular formula is C24H19ClF2N2O2. The van der Waals surface area contributed by atoms with Gasteiger partial charge in [-0.2, -0.15) is 5.26 Å². The maximum absolute atomic E-state index is 14.3. The van der Waals surface area contributed by atoms with Crippen LogP contribution >= 0.6 is 11.6 Å². The van der Waals surface area contributed by atoms with E-state index in [4.69, 9.17) is 16.3 Å². The molecule has 0 radical (unpaired) electrons. The number of hydrogen-bond donors (Lipinski definition) is 1. The molecule has 0 spiro atoms. The number of rotatable bonds is 6. The number of halogens is 3. The number of ether oxygens (including phenoxy) is 1. The number of nitrogens with zero attached hydrogens (tertiary/aromatic N) is 1. The quantitative estimate of drug-likeness (QED) is 0.487.